The standard InChI is InChI=1S/C15H10F3NO2S/c16-15(17,18)12-8-6-11(7-9-12)14(10-19)22(20,21)13-4-2-1-3-5-13/h1-9,14H. The first-order chi connectivity index (χ1) is 10.3. The summed E-state index contributed by atoms with van der Waals surface area (Å²) in [4.78, 5) is -0.0542. The zero-order valence-corrected chi connectivity index (χ0v) is 11.9. The fraction of sp³-hybridized carbons (Fsp3) is 0.133. The molecule has 114 valence electrons. The highest BCUT2D eigenvalue weighted by Crippen LogP contribution is 2.32. The maximum Gasteiger partial charge on any atom is 0.416 e. The number of sulfone groups is 1. The van der Waals surface area contributed by atoms with Gasteiger partial charge in [-0.15, -0.1) is 0 Å². The third kappa shape index (κ3) is 3.12. The van der Waals surface area contributed by atoms with Crippen molar-refractivity contribution in [1.82, 2.24) is 0 Å². The van der Waals surface area contributed by atoms with Crippen molar-refractivity contribution in [2.75, 3.05) is 0 Å². The summed E-state index contributed by atoms with van der Waals surface area (Å²) >= 11 is 0. The Kier molecular flexibility index (Phi) is 4.24. The minimum Gasteiger partial charge on any atom is -0.222 e. The predicted octanol–water partition coefficient (Wildman–Crippen LogP) is 3.74. The highest BCUT2D eigenvalue weighted by Gasteiger charge is 2.32. The van der Waals surface area contributed by atoms with Gasteiger partial charge in [-0.2, -0.15) is 18.4 Å². The van der Waals surface area contributed by atoms with Crippen LogP contribution in [0.2, 0.25) is 0 Å². The maximum atomic E-state index is 12.5. The summed E-state index contributed by atoms with van der Waals surface area (Å²) in [6.45, 7) is 0. The summed E-state index contributed by atoms with van der Waals surface area (Å²) in [6.07, 6.45) is -4.51. The second-order valence-electron chi connectivity index (χ2n) is 4.49. The molecule has 1 atom stereocenters. The molecule has 0 aliphatic rings. The van der Waals surface area contributed by atoms with Crippen LogP contribution in [0, 0.1) is 11.3 Å². The van der Waals surface area contributed by atoms with Crippen LogP contribution in [-0.4, -0.2) is 8.42 Å². The zero-order valence-electron chi connectivity index (χ0n) is 11.1. The molecule has 0 fully saturated rings. The Morgan fingerprint density at radius 1 is 0.955 bits per heavy atom. The number of benzene rings is 2. The molecule has 0 saturated heterocycles. The first-order valence-corrected chi connectivity index (χ1v) is 7.67. The molecule has 0 N–H and O–H groups in total. The van der Waals surface area contributed by atoms with Gasteiger partial charge >= 0.3 is 6.18 Å². The number of hydrogen-bond donors (Lipinski definition) is 0. The van der Waals surface area contributed by atoms with Crippen molar-refractivity contribution in [3.05, 3.63) is 65.7 Å². The summed E-state index contributed by atoms with van der Waals surface area (Å²) in [5.41, 5.74) is -0.899. The molecule has 0 aliphatic heterocycles. The van der Waals surface area contributed by atoms with Crippen LogP contribution in [-0.2, 0) is 16.0 Å². The van der Waals surface area contributed by atoms with Crippen molar-refractivity contribution < 1.29 is 21.6 Å². The van der Waals surface area contributed by atoms with Crippen molar-refractivity contribution in [3.8, 4) is 6.07 Å². The third-order valence-corrected chi connectivity index (χ3v) is 4.97. The Bertz CT molecular complexity index is 791. The fourth-order valence-corrected chi connectivity index (χ4v) is 3.38. The van der Waals surface area contributed by atoms with Crippen LogP contribution < -0.4 is 0 Å². The zero-order chi connectivity index (χ0) is 16.4. The van der Waals surface area contributed by atoms with Crippen LogP contribution in [0.25, 0.3) is 0 Å². The molecule has 1 unspecified atom stereocenters. The molecule has 0 spiro atoms. The molecule has 7 heteroatoms. The van der Waals surface area contributed by atoms with E-state index >= 15 is 0 Å². The van der Waals surface area contributed by atoms with Crippen LogP contribution in [0.1, 0.15) is 16.4 Å². The monoisotopic (exact) mass is 325 g/mol. The lowest BCUT2D eigenvalue weighted by atomic mass is 10.1. The SMILES string of the molecule is N#CC(c1ccc(C(F)(F)F)cc1)S(=O)(=O)c1ccccc1. The summed E-state index contributed by atoms with van der Waals surface area (Å²) in [7, 11) is -3.99. The molecule has 2 aromatic carbocycles. The average Bonchev–Trinajstić information content (AvgIpc) is 2.48. The van der Waals surface area contributed by atoms with Gasteiger partial charge in [-0.25, -0.2) is 8.42 Å². The van der Waals surface area contributed by atoms with Crippen LogP contribution in [0.3, 0.4) is 0 Å². The van der Waals surface area contributed by atoms with Gasteiger partial charge in [-0.05, 0) is 29.8 Å². The van der Waals surface area contributed by atoms with Gasteiger partial charge < -0.3 is 0 Å². The van der Waals surface area contributed by atoms with Gasteiger partial charge in [0.15, 0.2) is 15.1 Å². The van der Waals surface area contributed by atoms with Gasteiger partial charge in [0.05, 0.1) is 16.5 Å². The molecule has 2 aromatic rings. The van der Waals surface area contributed by atoms with Gasteiger partial charge in [0.25, 0.3) is 0 Å². The molecule has 0 saturated carbocycles. The molecule has 0 bridgehead atoms. The summed E-state index contributed by atoms with van der Waals surface area (Å²) in [5.74, 6) is 0. The van der Waals surface area contributed by atoms with Gasteiger partial charge in [-0.1, -0.05) is 30.3 Å². The van der Waals surface area contributed by atoms with E-state index in [0.717, 1.165) is 24.3 Å². The van der Waals surface area contributed by atoms with E-state index in [-0.39, 0.29) is 10.5 Å². The van der Waals surface area contributed by atoms with Crippen molar-refractivity contribution >= 4 is 9.84 Å². The lowest BCUT2D eigenvalue weighted by molar-refractivity contribution is -0.137. The summed E-state index contributed by atoms with van der Waals surface area (Å²) in [6, 6.07) is 12.5. The second-order valence-corrected chi connectivity index (χ2v) is 6.52. The lowest BCUT2D eigenvalue weighted by Crippen LogP contribution is -2.13. The quantitative estimate of drug-likeness (QED) is 0.863. The van der Waals surface area contributed by atoms with Crippen LogP contribution >= 0.6 is 0 Å². The second kappa shape index (κ2) is 5.81. The molecular weight excluding hydrogens is 315 g/mol. The van der Waals surface area contributed by atoms with E-state index in [9.17, 15) is 21.6 Å². The Hall–Kier alpha value is -2.33. The smallest absolute Gasteiger partial charge is 0.222 e. The van der Waals surface area contributed by atoms with Gasteiger partial charge in [0.1, 0.15) is 0 Å². The maximum absolute atomic E-state index is 12.5. The third-order valence-electron chi connectivity index (χ3n) is 3.04. The lowest BCUT2D eigenvalue weighted by Gasteiger charge is -2.12. The van der Waals surface area contributed by atoms with E-state index in [0.29, 0.717) is 0 Å². The van der Waals surface area contributed by atoms with Crippen molar-refractivity contribution in [2.24, 2.45) is 0 Å². The topological polar surface area (TPSA) is 57.9 Å². The van der Waals surface area contributed by atoms with Gasteiger partial charge in [0.2, 0.25) is 0 Å². The number of nitrogens with zero attached hydrogens (tertiary/aromatic N) is 1. The predicted molar refractivity (Wildman–Crippen MR) is 73.4 cm³/mol. The average molecular weight is 325 g/mol. The molecule has 0 heterocycles. The number of nitriles is 1. The minimum atomic E-state index is -4.51. The number of hydrogen-bond acceptors (Lipinski definition) is 3. The van der Waals surface area contributed by atoms with E-state index in [2.05, 4.69) is 0 Å². The summed E-state index contributed by atoms with van der Waals surface area (Å²) in [5, 5.41) is 7.60. The highest BCUT2D eigenvalue weighted by molar-refractivity contribution is 7.92. The van der Waals surface area contributed by atoms with E-state index in [1.807, 2.05) is 0 Å². The Morgan fingerprint density at radius 2 is 1.50 bits per heavy atom. The largest absolute Gasteiger partial charge is 0.416 e. The van der Waals surface area contributed by atoms with E-state index in [1.165, 1.54) is 24.3 Å². The van der Waals surface area contributed by atoms with Gasteiger partial charge in [-0.3, -0.25) is 0 Å². The molecule has 0 radical (unpaired) electrons. The van der Waals surface area contributed by atoms with Crippen molar-refractivity contribution in [2.45, 2.75) is 16.3 Å². The van der Waals surface area contributed by atoms with Crippen LogP contribution in [0.4, 0.5) is 13.2 Å². The molecule has 0 aromatic heterocycles. The fourth-order valence-electron chi connectivity index (χ4n) is 1.92. The van der Waals surface area contributed by atoms with Crippen molar-refractivity contribution in [1.29, 1.82) is 5.26 Å². The van der Waals surface area contributed by atoms with Crippen LogP contribution in [0.5, 0.6) is 0 Å². The summed E-state index contributed by atoms with van der Waals surface area (Å²) < 4.78 is 62.4. The van der Waals surface area contributed by atoms with Crippen molar-refractivity contribution in [3.63, 3.8) is 0 Å². The molecule has 2 rings (SSSR count). The van der Waals surface area contributed by atoms with Gasteiger partial charge in [0, 0.05) is 0 Å². The highest BCUT2D eigenvalue weighted by atomic mass is 32.2. The number of rotatable bonds is 3. The Morgan fingerprint density at radius 3 is 1.95 bits per heavy atom. The normalized spacial score (nSPS) is 13.4. The van der Waals surface area contributed by atoms with E-state index in [1.54, 1.807) is 12.1 Å². The van der Waals surface area contributed by atoms with E-state index in [4.69, 9.17) is 5.26 Å². The van der Waals surface area contributed by atoms with E-state index < -0.39 is 26.8 Å². The molecule has 22 heavy (non-hydrogen) atoms. The minimum absolute atomic E-state index is 0.000599. The molecule has 0 amide bonds. The number of alkyl halides is 3. The molecule has 3 nitrogen and oxygen atoms in total. The number of halogens is 3. The Labute approximate surface area is 125 Å². The molecule has 0 aliphatic carbocycles. The van der Waals surface area contributed by atoms with Crippen LogP contribution in [0.15, 0.2) is 59.5 Å². The Balaban J connectivity index is 2.44. The first kappa shape index (κ1) is 16.0. The first-order valence-electron chi connectivity index (χ1n) is 6.12. The molecular formula is C15H10F3NO2S.